The van der Waals surface area contributed by atoms with Gasteiger partial charge in [0.2, 0.25) is 0 Å². The van der Waals surface area contributed by atoms with Crippen LogP contribution in [-0.2, 0) is 13.0 Å². The lowest BCUT2D eigenvalue weighted by molar-refractivity contribution is 0.284. The average molecular weight is 273 g/mol. The molecule has 2 rings (SSSR count). The average Bonchev–Trinajstić information content (AvgIpc) is 2.83. The summed E-state index contributed by atoms with van der Waals surface area (Å²) in [6, 6.07) is 8.45. The fourth-order valence-electron chi connectivity index (χ4n) is 2.87. The Hall–Kier alpha value is -1.35. The number of hydrogen-bond acceptors (Lipinski definition) is 2. The van der Waals surface area contributed by atoms with Crippen molar-refractivity contribution in [3.8, 4) is 0 Å². The van der Waals surface area contributed by atoms with Gasteiger partial charge >= 0.3 is 0 Å². The third kappa shape index (κ3) is 3.40. The highest BCUT2D eigenvalue weighted by Crippen LogP contribution is 2.17. The quantitative estimate of drug-likeness (QED) is 0.731. The van der Waals surface area contributed by atoms with Crippen molar-refractivity contribution in [2.45, 2.75) is 46.6 Å². The van der Waals surface area contributed by atoms with Crippen molar-refractivity contribution in [3.05, 3.63) is 30.1 Å². The van der Waals surface area contributed by atoms with Crippen LogP contribution in [0, 0.1) is 0 Å². The van der Waals surface area contributed by atoms with Crippen LogP contribution in [0.4, 0.5) is 0 Å². The van der Waals surface area contributed by atoms with Crippen molar-refractivity contribution in [1.29, 1.82) is 0 Å². The molecule has 0 saturated carbocycles. The zero-order chi connectivity index (χ0) is 14.4. The monoisotopic (exact) mass is 273 g/mol. The molecule has 0 atom stereocenters. The van der Waals surface area contributed by atoms with Gasteiger partial charge in [0.1, 0.15) is 5.82 Å². The van der Waals surface area contributed by atoms with Crippen LogP contribution in [0.1, 0.15) is 39.4 Å². The van der Waals surface area contributed by atoms with E-state index in [0.717, 1.165) is 25.0 Å². The zero-order valence-corrected chi connectivity index (χ0v) is 13.1. The Morgan fingerprint density at radius 3 is 2.60 bits per heavy atom. The van der Waals surface area contributed by atoms with Crippen molar-refractivity contribution in [3.63, 3.8) is 0 Å². The molecule has 3 heteroatoms. The van der Waals surface area contributed by atoms with E-state index in [2.05, 4.69) is 54.5 Å². The summed E-state index contributed by atoms with van der Waals surface area (Å²) in [5.74, 6) is 1.24. The van der Waals surface area contributed by atoms with Gasteiger partial charge in [-0.15, -0.1) is 0 Å². The molecular formula is C17H27N3. The van der Waals surface area contributed by atoms with Crippen LogP contribution >= 0.6 is 0 Å². The fourth-order valence-corrected chi connectivity index (χ4v) is 2.87. The Labute approximate surface area is 122 Å². The first-order chi connectivity index (χ1) is 9.80. The van der Waals surface area contributed by atoms with Gasteiger partial charge in [0, 0.05) is 13.0 Å². The van der Waals surface area contributed by atoms with Crippen molar-refractivity contribution in [2.24, 2.45) is 0 Å². The second kappa shape index (κ2) is 7.44. The predicted octanol–water partition coefficient (Wildman–Crippen LogP) is 3.72. The molecule has 0 amide bonds. The van der Waals surface area contributed by atoms with Gasteiger partial charge < -0.3 is 9.47 Å². The summed E-state index contributed by atoms with van der Waals surface area (Å²) in [4.78, 5) is 7.32. The minimum absolute atomic E-state index is 1.00. The van der Waals surface area contributed by atoms with E-state index in [1.807, 2.05) is 0 Å². The smallest absolute Gasteiger partial charge is 0.109 e. The molecule has 0 aliphatic carbocycles. The van der Waals surface area contributed by atoms with E-state index in [9.17, 15) is 0 Å². The van der Waals surface area contributed by atoms with E-state index in [-0.39, 0.29) is 0 Å². The van der Waals surface area contributed by atoms with Gasteiger partial charge in [0.15, 0.2) is 0 Å². The molecule has 0 saturated heterocycles. The van der Waals surface area contributed by atoms with Crippen LogP contribution in [0.15, 0.2) is 24.3 Å². The zero-order valence-electron chi connectivity index (χ0n) is 13.1. The number of aromatic nitrogens is 2. The number of imidazole rings is 1. The number of nitrogens with zero attached hydrogens (tertiary/aromatic N) is 3. The van der Waals surface area contributed by atoms with Gasteiger partial charge in [-0.3, -0.25) is 0 Å². The first-order valence-electron chi connectivity index (χ1n) is 7.96. The van der Waals surface area contributed by atoms with Gasteiger partial charge in [-0.25, -0.2) is 4.98 Å². The van der Waals surface area contributed by atoms with E-state index in [0.29, 0.717) is 0 Å². The highest BCUT2D eigenvalue weighted by Gasteiger charge is 2.09. The molecule has 1 aromatic heterocycles. The Bertz CT molecular complexity index is 530. The van der Waals surface area contributed by atoms with Gasteiger partial charge in [-0.1, -0.05) is 26.0 Å². The van der Waals surface area contributed by atoms with Crippen molar-refractivity contribution in [1.82, 2.24) is 14.5 Å². The predicted molar refractivity (Wildman–Crippen MR) is 86.1 cm³/mol. The topological polar surface area (TPSA) is 21.1 Å². The summed E-state index contributed by atoms with van der Waals surface area (Å²) in [6.07, 6.45) is 3.50. The Balaban J connectivity index is 2.02. The minimum atomic E-state index is 1.00. The van der Waals surface area contributed by atoms with E-state index in [1.54, 1.807) is 0 Å². The van der Waals surface area contributed by atoms with Gasteiger partial charge in [0.05, 0.1) is 11.0 Å². The van der Waals surface area contributed by atoms with Crippen LogP contribution in [0.2, 0.25) is 0 Å². The van der Waals surface area contributed by atoms with Gasteiger partial charge in [0.25, 0.3) is 0 Å². The molecule has 0 fully saturated rings. The largest absolute Gasteiger partial charge is 0.328 e. The van der Waals surface area contributed by atoms with Crippen molar-refractivity contribution < 1.29 is 0 Å². The lowest BCUT2D eigenvalue weighted by atomic mass is 10.2. The third-order valence-electron chi connectivity index (χ3n) is 3.91. The van der Waals surface area contributed by atoms with Gasteiger partial charge in [-0.05, 0) is 51.5 Å². The summed E-state index contributed by atoms with van der Waals surface area (Å²) < 4.78 is 2.35. The summed E-state index contributed by atoms with van der Waals surface area (Å²) in [5, 5.41) is 0. The molecule has 3 nitrogen and oxygen atoms in total. The summed E-state index contributed by atoms with van der Waals surface area (Å²) in [6.45, 7) is 11.2. The summed E-state index contributed by atoms with van der Waals surface area (Å²) in [5.41, 5.74) is 2.40. The van der Waals surface area contributed by atoms with Crippen LogP contribution < -0.4 is 0 Å². The van der Waals surface area contributed by atoms with E-state index < -0.39 is 0 Å². The standard InChI is InChI=1S/C17H27N3/c1-4-13-19(5-2)14-9-12-17-18-15-10-7-8-11-16(15)20(17)6-3/h7-8,10-11H,4-6,9,12-14H2,1-3H3. The van der Waals surface area contributed by atoms with Gasteiger partial charge in [-0.2, -0.15) is 0 Å². The number of para-hydroxylation sites is 2. The molecule has 1 aromatic carbocycles. The molecule has 0 bridgehead atoms. The second-order valence-electron chi connectivity index (χ2n) is 5.30. The van der Waals surface area contributed by atoms with E-state index >= 15 is 0 Å². The maximum absolute atomic E-state index is 4.80. The highest BCUT2D eigenvalue weighted by molar-refractivity contribution is 5.75. The van der Waals surface area contributed by atoms with E-state index in [1.165, 1.54) is 37.3 Å². The Morgan fingerprint density at radius 2 is 1.90 bits per heavy atom. The van der Waals surface area contributed by atoms with Crippen LogP contribution in [-0.4, -0.2) is 34.1 Å². The molecule has 0 radical (unpaired) electrons. The first-order valence-corrected chi connectivity index (χ1v) is 7.96. The molecular weight excluding hydrogens is 246 g/mol. The number of aryl methyl sites for hydroxylation is 2. The molecule has 0 aliphatic heterocycles. The third-order valence-corrected chi connectivity index (χ3v) is 3.91. The molecule has 2 aromatic rings. The van der Waals surface area contributed by atoms with Crippen LogP contribution in [0.5, 0.6) is 0 Å². The number of rotatable bonds is 8. The maximum atomic E-state index is 4.80. The molecule has 0 spiro atoms. The SMILES string of the molecule is CCCN(CC)CCCc1nc2ccccc2n1CC. The number of hydrogen-bond donors (Lipinski definition) is 0. The molecule has 0 aliphatic rings. The number of benzene rings is 1. The first kappa shape index (κ1) is 15.0. The molecule has 110 valence electrons. The molecule has 20 heavy (non-hydrogen) atoms. The van der Waals surface area contributed by atoms with Crippen LogP contribution in [0.25, 0.3) is 11.0 Å². The normalized spacial score (nSPS) is 11.6. The molecule has 1 heterocycles. The lowest BCUT2D eigenvalue weighted by Crippen LogP contribution is -2.25. The minimum Gasteiger partial charge on any atom is -0.328 e. The van der Waals surface area contributed by atoms with Crippen LogP contribution in [0.3, 0.4) is 0 Å². The Morgan fingerprint density at radius 1 is 1.10 bits per heavy atom. The van der Waals surface area contributed by atoms with E-state index in [4.69, 9.17) is 4.98 Å². The van der Waals surface area contributed by atoms with Crippen molar-refractivity contribution in [2.75, 3.05) is 19.6 Å². The second-order valence-corrected chi connectivity index (χ2v) is 5.30. The Kier molecular flexibility index (Phi) is 5.60. The fraction of sp³-hybridized carbons (Fsp3) is 0.588. The maximum Gasteiger partial charge on any atom is 0.109 e. The molecule has 0 unspecified atom stereocenters. The summed E-state index contributed by atoms with van der Waals surface area (Å²) >= 11 is 0. The lowest BCUT2D eigenvalue weighted by Gasteiger charge is -2.19. The van der Waals surface area contributed by atoms with Crippen molar-refractivity contribution >= 4 is 11.0 Å². The highest BCUT2D eigenvalue weighted by atomic mass is 15.1. The number of fused-ring (bicyclic) bond motifs is 1. The molecule has 0 N–H and O–H groups in total. The summed E-state index contributed by atoms with van der Waals surface area (Å²) in [7, 11) is 0.